The molecule has 13 N–H and O–H groups in total. The maximum absolute atomic E-state index is 12.3. The van der Waals surface area contributed by atoms with Crippen LogP contribution in [0.15, 0.2) is 0 Å². The van der Waals surface area contributed by atoms with Crippen molar-refractivity contribution in [3.05, 3.63) is 0 Å². The van der Waals surface area contributed by atoms with Crippen molar-refractivity contribution in [2.24, 2.45) is 0 Å². The average molecular weight is 546 g/mol. The minimum absolute atomic E-state index is 0.467. The van der Waals surface area contributed by atoms with Crippen LogP contribution in [-0.2, 0) is 18.9 Å². The SMILES string of the molecule is O=C(NC[C@H]1OC(O)[C@H](O)[C@@H](O)[C@@H]1O)N[C@@H]1O[C@H](CO)[C@@H](O[C@@H]2O[C@H](CO)[C@@H](O)[C@H](O)[C@H]2O)[C@H](O)[C@H]1O. The van der Waals surface area contributed by atoms with E-state index in [0.717, 1.165) is 0 Å². The molecule has 0 aromatic carbocycles. The van der Waals surface area contributed by atoms with E-state index in [1.807, 2.05) is 0 Å². The summed E-state index contributed by atoms with van der Waals surface area (Å²) in [4.78, 5) is 12.3. The summed E-state index contributed by atoms with van der Waals surface area (Å²) in [6.07, 6.45) is -24.9. The second-order valence-electron chi connectivity index (χ2n) is 8.95. The molecule has 3 saturated heterocycles. The predicted octanol–water partition coefficient (Wildman–Crippen LogP) is -8.29. The molecular weight excluding hydrogens is 512 g/mol. The molecule has 18 heteroatoms. The summed E-state index contributed by atoms with van der Waals surface area (Å²) >= 11 is 0. The minimum Gasteiger partial charge on any atom is -0.394 e. The molecule has 3 heterocycles. The van der Waals surface area contributed by atoms with E-state index in [1.54, 1.807) is 0 Å². The molecule has 15 atom stereocenters. The van der Waals surface area contributed by atoms with Crippen LogP contribution in [-0.4, -0.2) is 174 Å². The predicted molar refractivity (Wildman–Crippen MR) is 112 cm³/mol. The van der Waals surface area contributed by atoms with E-state index in [0.29, 0.717) is 0 Å². The van der Waals surface area contributed by atoms with Gasteiger partial charge in [0.15, 0.2) is 18.8 Å². The van der Waals surface area contributed by atoms with Crippen LogP contribution in [0.25, 0.3) is 0 Å². The Bertz CT molecular complexity index is 747. The maximum atomic E-state index is 12.3. The highest BCUT2D eigenvalue weighted by atomic mass is 16.7. The van der Waals surface area contributed by atoms with Crippen molar-refractivity contribution in [3.63, 3.8) is 0 Å². The fourth-order valence-corrected chi connectivity index (χ4v) is 4.18. The van der Waals surface area contributed by atoms with Crippen LogP contribution in [0.2, 0.25) is 0 Å². The fraction of sp³-hybridized carbons (Fsp3) is 0.947. The van der Waals surface area contributed by atoms with Gasteiger partial charge in [-0.15, -0.1) is 0 Å². The molecule has 0 aromatic heterocycles. The van der Waals surface area contributed by atoms with Gasteiger partial charge in [0.05, 0.1) is 13.2 Å². The number of hydrogen-bond donors (Lipinski definition) is 13. The zero-order valence-corrected chi connectivity index (χ0v) is 19.2. The number of nitrogens with one attached hydrogen (secondary N) is 2. The Balaban J connectivity index is 1.57. The van der Waals surface area contributed by atoms with E-state index in [2.05, 4.69) is 10.6 Å². The lowest BCUT2D eigenvalue weighted by Crippen LogP contribution is -2.67. The monoisotopic (exact) mass is 546 g/mol. The topological polar surface area (TPSA) is 301 Å². The van der Waals surface area contributed by atoms with Gasteiger partial charge < -0.3 is 85.8 Å². The minimum atomic E-state index is -1.86. The largest absolute Gasteiger partial charge is 0.394 e. The Morgan fingerprint density at radius 2 is 1.24 bits per heavy atom. The van der Waals surface area contributed by atoms with Gasteiger partial charge in [-0.3, -0.25) is 0 Å². The van der Waals surface area contributed by atoms with Crippen LogP contribution in [0.4, 0.5) is 4.79 Å². The summed E-state index contributed by atoms with van der Waals surface area (Å²) in [5.41, 5.74) is 0. The van der Waals surface area contributed by atoms with Crippen LogP contribution in [0.5, 0.6) is 0 Å². The van der Waals surface area contributed by atoms with Gasteiger partial charge in [0.25, 0.3) is 0 Å². The van der Waals surface area contributed by atoms with Crippen LogP contribution in [0.1, 0.15) is 0 Å². The number of carbonyl (C=O) groups is 1. The van der Waals surface area contributed by atoms with E-state index in [9.17, 15) is 61.0 Å². The Kier molecular flexibility index (Phi) is 10.4. The van der Waals surface area contributed by atoms with Gasteiger partial charge in [-0.2, -0.15) is 0 Å². The number of aliphatic hydroxyl groups is 11. The Morgan fingerprint density at radius 3 is 1.86 bits per heavy atom. The molecule has 0 saturated carbocycles. The van der Waals surface area contributed by atoms with Gasteiger partial charge in [-0.05, 0) is 0 Å². The average Bonchev–Trinajstić information content (AvgIpc) is 2.88. The summed E-state index contributed by atoms with van der Waals surface area (Å²) in [6, 6.07) is -1.02. The molecule has 18 nitrogen and oxygen atoms in total. The number of amides is 2. The second kappa shape index (κ2) is 12.7. The van der Waals surface area contributed by atoms with Crippen molar-refractivity contribution in [3.8, 4) is 0 Å². The van der Waals surface area contributed by atoms with E-state index in [4.69, 9.17) is 18.9 Å². The lowest BCUT2D eigenvalue weighted by Gasteiger charge is -2.46. The highest BCUT2D eigenvalue weighted by Crippen LogP contribution is 2.28. The molecule has 0 spiro atoms. The third kappa shape index (κ3) is 6.46. The number of hydrogen-bond acceptors (Lipinski definition) is 16. The molecule has 0 aromatic rings. The van der Waals surface area contributed by atoms with Crippen molar-refractivity contribution < 1.29 is 79.9 Å². The van der Waals surface area contributed by atoms with E-state index < -0.39 is 118 Å². The molecule has 3 fully saturated rings. The van der Waals surface area contributed by atoms with Gasteiger partial charge in [0, 0.05) is 6.54 Å². The summed E-state index contributed by atoms with van der Waals surface area (Å²) in [5, 5.41) is 113. The number of carbonyl (C=O) groups excluding carboxylic acids is 1. The molecule has 1 unspecified atom stereocenters. The first-order valence-corrected chi connectivity index (χ1v) is 11.4. The molecule has 2 amide bonds. The van der Waals surface area contributed by atoms with E-state index in [-0.39, 0.29) is 0 Å². The first kappa shape index (κ1) is 30.2. The zero-order valence-electron chi connectivity index (χ0n) is 19.2. The molecule has 37 heavy (non-hydrogen) atoms. The van der Waals surface area contributed by atoms with Gasteiger partial charge in [-0.25, -0.2) is 4.79 Å². The normalized spacial score (nSPS) is 48.9. The number of ether oxygens (including phenoxy) is 4. The van der Waals surface area contributed by atoms with Crippen LogP contribution >= 0.6 is 0 Å². The number of rotatable bonds is 7. The first-order chi connectivity index (χ1) is 17.4. The van der Waals surface area contributed by atoms with Crippen molar-refractivity contribution in [1.82, 2.24) is 10.6 Å². The highest BCUT2D eigenvalue weighted by Gasteiger charge is 2.51. The summed E-state index contributed by atoms with van der Waals surface area (Å²) < 4.78 is 20.9. The van der Waals surface area contributed by atoms with Crippen molar-refractivity contribution in [2.45, 2.75) is 92.1 Å². The highest BCUT2D eigenvalue weighted by molar-refractivity contribution is 5.74. The maximum Gasteiger partial charge on any atom is 0.316 e. The van der Waals surface area contributed by atoms with Gasteiger partial charge in [-0.1, -0.05) is 0 Å². The Morgan fingerprint density at radius 1 is 0.649 bits per heavy atom. The fourth-order valence-electron chi connectivity index (χ4n) is 4.18. The smallest absolute Gasteiger partial charge is 0.316 e. The summed E-state index contributed by atoms with van der Waals surface area (Å²) in [5.74, 6) is 0. The van der Waals surface area contributed by atoms with Crippen LogP contribution < -0.4 is 10.6 Å². The van der Waals surface area contributed by atoms with Crippen molar-refractivity contribution in [2.75, 3.05) is 19.8 Å². The Labute approximate surface area is 209 Å². The van der Waals surface area contributed by atoms with Gasteiger partial charge >= 0.3 is 6.03 Å². The lowest BCUT2D eigenvalue weighted by atomic mass is 9.96. The molecule has 0 radical (unpaired) electrons. The van der Waals surface area contributed by atoms with Crippen LogP contribution in [0.3, 0.4) is 0 Å². The molecule has 3 aliphatic rings. The van der Waals surface area contributed by atoms with Gasteiger partial charge in [0.1, 0.15) is 73.2 Å². The third-order valence-corrected chi connectivity index (χ3v) is 6.43. The van der Waals surface area contributed by atoms with Gasteiger partial charge in [0.2, 0.25) is 0 Å². The molecular formula is C19H34N2O16. The van der Waals surface area contributed by atoms with Crippen molar-refractivity contribution in [1.29, 1.82) is 0 Å². The quantitative estimate of drug-likeness (QED) is 0.141. The van der Waals surface area contributed by atoms with Crippen molar-refractivity contribution >= 4 is 6.03 Å². The molecule has 0 bridgehead atoms. The standard InChI is InChI=1S/C19H34N2O16/c22-2-5-8(25)10(27)14(31)18(36-5)37-15-6(3-23)34-16(12(29)11(15)28)21-19(33)20-1-4-7(24)9(26)13(30)17(32)35-4/h4-18,22-32H,1-3H2,(H2,20,21,33)/t4-,5-,6-,7-,8-,9+,10+,11-,12-,13-,14-,15-,16-,17?,18+/m1/s1. The third-order valence-electron chi connectivity index (χ3n) is 6.43. The number of urea groups is 1. The molecule has 216 valence electrons. The molecule has 3 aliphatic heterocycles. The number of aliphatic hydroxyl groups excluding tert-OH is 11. The lowest BCUT2D eigenvalue weighted by molar-refractivity contribution is -0.342. The van der Waals surface area contributed by atoms with E-state index >= 15 is 0 Å². The Hall–Kier alpha value is -1.33. The molecule has 0 aliphatic carbocycles. The van der Waals surface area contributed by atoms with Crippen LogP contribution in [0, 0.1) is 0 Å². The first-order valence-electron chi connectivity index (χ1n) is 11.4. The van der Waals surface area contributed by atoms with E-state index in [1.165, 1.54) is 0 Å². The molecule has 3 rings (SSSR count). The summed E-state index contributed by atoms with van der Waals surface area (Å²) in [7, 11) is 0. The zero-order chi connectivity index (χ0) is 27.6. The second-order valence-corrected chi connectivity index (χ2v) is 8.95. The summed E-state index contributed by atoms with van der Waals surface area (Å²) in [6.45, 7) is -2.03.